The number of anilines is 4. The van der Waals surface area contributed by atoms with Crippen LogP contribution in [0.1, 0.15) is 89.4 Å². The number of hydrogen-bond donors (Lipinski definition) is 7. The van der Waals surface area contributed by atoms with Gasteiger partial charge in [-0.2, -0.15) is 0 Å². The van der Waals surface area contributed by atoms with Crippen LogP contribution in [0.3, 0.4) is 0 Å². The summed E-state index contributed by atoms with van der Waals surface area (Å²) in [5.41, 5.74) is 14.9. The van der Waals surface area contributed by atoms with Crippen molar-refractivity contribution < 1.29 is 36.7 Å². The van der Waals surface area contributed by atoms with E-state index in [0.717, 1.165) is 132 Å². The summed E-state index contributed by atoms with van der Waals surface area (Å²) in [4.78, 5) is 100. The Morgan fingerprint density at radius 1 is 0.417 bits per heavy atom. The number of para-hydroxylation sites is 4. The fourth-order valence-electron chi connectivity index (χ4n) is 16.8. The first-order chi connectivity index (χ1) is 58.3. The van der Waals surface area contributed by atoms with Crippen LogP contribution in [-0.2, 0) is 0 Å². The van der Waals surface area contributed by atoms with Crippen LogP contribution in [-0.4, -0.2) is 245 Å². The molecule has 32 heteroatoms. The Morgan fingerprint density at radius 3 is 1.14 bits per heavy atom. The number of carbonyl (C=O) groups is 4. The molecule has 16 aromatic rings. The molecule has 2 fully saturated rings. The van der Waals surface area contributed by atoms with Gasteiger partial charge in [-0.15, -0.1) is 0 Å². The van der Waals surface area contributed by atoms with E-state index in [1.54, 1.807) is 78.4 Å². The molecule has 2 aliphatic heterocycles. The van der Waals surface area contributed by atoms with Crippen molar-refractivity contribution in [2.24, 2.45) is 0 Å². The summed E-state index contributed by atoms with van der Waals surface area (Å²) in [6, 6.07) is 28.2. The molecular weight excluding hydrogens is 1530 g/mol. The van der Waals surface area contributed by atoms with Gasteiger partial charge < -0.3 is 61.7 Å². The molecule has 0 bridgehead atoms. The van der Waals surface area contributed by atoms with Gasteiger partial charge in [0, 0.05) is 195 Å². The average Bonchev–Trinajstić information content (AvgIpc) is 1.40. The molecular formula is C88H96F4N24O4. The van der Waals surface area contributed by atoms with Crippen LogP contribution in [0.2, 0.25) is 0 Å². The maximum Gasteiger partial charge on any atom is 0.259 e. The first-order valence-corrected chi connectivity index (χ1v) is 40.5. The molecule has 4 amide bonds. The number of hydrogen-bond acceptors (Lipinski definition) is 20. The Labute approximate surface area is 688 Å². The number of carbonyl (C=O) groups excluding carboxylic acids is 4. The molecule has 2 atom stereocenters. The normalized spacial score (nSPS) is 14.7. The van der Waals surface area contributed by atoms with Crippen molar-refractivity contribution in [2.45, 2.75) is 60.0 Å². The third-order valence-electron chi connectivity index (χ3n) is 22.6. The van der Waals surface area contributed by atoms with Crippen LogP contribution >= 0.6 is 0 Å². The van der Waals surface area contributed by atoms with Crippen molar-refractivity contribution in [1.29, 1.82) is 0 Å². The van der Waals surface area contributed by atoms with Crippen molar-refractivity contribution in [3.63, 3.8) is 0 Å². The highest BCUT2D eigenvalue weighted by molar-refractivity contribution is 6.18. The molecule has 2 aliphatic rings. The lowest BCUT2D eigenvalue weighted by atomic mass is 10.1. The topological polar surface area (TPSA) is 289 Å². The molecule has 12 aromatic heterocycles. The lowest BCUT2D eigenvalue weighted by molar-refractivity contribution is 0.0675. The standard InChI is InChI=1S/C22H22F2N6O.C22H24F2N6O.C22H24N6O.C22H26N6O/c1-25-20-13-12-26-5-4-17(13)30-18-11-15(24)14(23)10-16(18)27-21(30)19(20)22(31)29-7-3-6-28(2)8-9-29;1-4-29(5-2)9-8-27-22(31)19-20(25-3)13-12-26-7-6-17(13)30-18-11-15(24)14(23)10-16(18)28-21(19)30;1-13-11-27(12-14(2)25-13)22(29)19-20(23-3)15-10-24-9-8-17(15)28-18-7-5-4-6-16(18)26-21(19)28;1-4-27(5-2)13-12-25-22(29)19-20(23-3)15-14-24-11-10-17(15)28-18-9-7-6-8-16(18)26-21(19)28/h4-5,10-12,25H,3,6-9H2,1-2H3;6-7,10-12,25H,4-5,8-9H2,1-3H3,(H,27,31);4-10,13-14,23,25H,11-12H2,1-3H3;6-11,14,23H,4-5,12-13H2,1-3H3,(H,25,29). The molecule has 2 saturated heterocycles. The fraction of sp³-hybridized carbons (Fsp3) is 0.318. The fourth-order valence-corrected chi connectivity index (χ4v) is 16.8. The summed E-state index contributed by atoms with van der Waals surface area (Å²) >= 11 is 0. The number of aromatic nitrogens is 12. The second-order valence-electron chi connectivity index (χ2n) is 29.8. The van der Waals surface area contributed by atoms with Crippen molar-refractivity contribution >= 4 is 157 Å². The van der Waals surface area contributed by atoms with Gasteiger partial charge >= 0.3 is 0 Å². The number of likely N-dealkylation sites (N-methyl/N-ethyl adjacent to an activating group) is 3. The molecule has 120 heavy (non-hydrogen) atoms. The molecule has 28 nitrogen and oxygen atoms in total. The van der Waals surface area contributed by atoms with Crippen molar-refractivity contribution in [3.05, 3.63) is 192 Å². The monoisotopic (exact) mass is 1630 g/mol. The zero-order valence-electron chi connectivity index (χ0n) is 68.9. The Balaban J connectivity index is 0.000000125. The van der Waals surface area contributed by atoms with Gasteiger partial charge in [0.2, 0.25) is 0 Å². The van der Waals surface area contributed by atoms with Gasteiger partial charge in [-0.3, -0.25) is 56.7 Å². The SMILES string of the molecule is CCN(CC)CCNC(=O)c1c(NC)c2cnccc2n2c1nc1cc(F)c(F)cc12.CCN(CC)CCNC(=O)c1c(NC)c2cnccc2n2c1nc1ccccc12.CNc1c(C(=O)N2CC(C)NC(C)C2)c2nc3ccccc3n2c2ccncc12.CNc1c(C(=O)N2CCCN(C)CC2)c2nc3cc(F)c(F)cc3n2c2ccncc12. The molecule has 14 heterocycles. The van der Waals surface area contributed by atoms with E-state index in [-0.39, 0.29) is 46.7 Å². The first-order valence-electron chi connectivity index (χ1n) is 40.5. The molecule has 18 rings (SSSR count). The quantitative estimate of drug-likeness (QED) is 0.0393. The molecule has 0 saturated carbocycles. The largest absolute Gasteiger partial charge is 0.387 e. The Kier molecular flexibility index (Phi) is 24.1. The van der Waals surface area contributed by atoms with Crippen LogP contribution < -0.4 is 37.2 Å². The number of benzene rings is 4. The summed E-state index contributed by atoms with van der Waals surface area (Å²) in [6.07, 6.45) is 14.6. The van der Waals surface area contributed by atoms with Crippen molar-refractivity contribution in [1.82, 2.24) is 97.9 Å². The van der Waals surface area contributed by atoms with Crippen LogP contribution in [0.25, 0.3) is 110 Å². The second-order valence-corrected chi connectivity index (χ2v) is 29.8. The number of rotatable bonds is 18. The summed E-state index contributed by atoms with van der Waals surface area (Å²) in [7, 11) is 9.17. The highest BCUT2D eigenvalue weighted by Gasteiger charge is 2.34. The molecule has 0 radical (unpaired) electrons. The number of piperazine rings is 1. The Hall–Kier alpha value is -13.0. The van der Waals surface area contributed by atoms with Gasteiger partial charge in [0.15, 0.2) is 45.9 Å². The van der Waals surface area contributed by atoms with Gasteiger partial charge in [-0.1, -0.05) is 52.0 Å². The zero-order chi connectivity index (χ0) is 84.3. The summed E-state index contributed by atoms with van der Waals surface area (Å²) in [6.45, 7) is 23.2. The predicted octanol–water partition coefficient (Wildman–Crippen LogP) is 12.6. The molecule has 0 spiro atoms. The van der Waals surface area contributed by atoms with Crippen molar-refractivity contribution in [2.75, 3.05) is 148 Å². The minimum absolute atomic E-state index is 0.000564. The van der Waals surface area contributed by atoms with E-state index in [1.165, 1.54) is 0 Å². The summed E-state index contributed by atoms with van der Waals surface area (Å²) in [5.74, 6) is -4.50. The molecule has 7 N–H and O–H groups in total. The van der Waals surface area contributed by atoms with E-state index < -0.39 is 23.3 Å². The first kappa shape index (κ1) is 82.1. The van der Waals surface area contributed by atoms with E-state index in [2.05, 4.69) is 128 Å². The third kappa shape index (κ3) is 15.3. The van der Waals surface area contributed by atoms with Gasteiger partial charge in [0.1, 0.15) is 22.3 Å². The third-order valence-corrected chi connectivity index (χ3v) is 22.6. The molecule has 0 aliphatic carbocycles. The number of fused-ring (bicyclic) bond motifs is 20. The highest BCUT2D eigenvalue weighted by atomic mass is 19.2. The van der Waals surface area contributed by atoms with E-state index in [9.17, 15) is 36.7 Å². The molecule has 4 aromatic carbocycles. The minimum Gasteiger partial charge on any atom is -0.387 e. The Bertz CT molecular complexity index is 6610. The number of pyridine rings is 8. The predicted molar refractivity (Wildman–Crippen MR) is 466 cm³/mol. The highest BCUT2D eigenvalue weighted by Crippen LogP contribution is 2.40. The van der Waals surface area contributed by atoms with Crippen LogP contribution in [0.5, 0.6) is 0 Å². The van der Waals surface area contributed by atoms with Crippen LogP contribution in [0, 0.1) is 23.3 Å². The smallest absolute Gasteiger partial charge is 0.259 e. The second kappa shape index (κ2) is 35.3. The van der Waals surface area contributed by atoms with Gasteiger partial charge in [0.05, 0.1) is 88.9 Å². The number of nitrogens with one attached hydrogen (secondary N) is 7. The molecule has 2 unspecified atom stereocenters. The summed E-state index contributed by atoms with van der Waals surface area (Å²) < 4.78 is 63.5. The van der Waals surface area contributed by atoms with Crippen LogP contribution in [0.4, 0.5) is 40.3 Å². The van der Waals surface area contributed by atoms with Gasteiger partial charge in [-0.25, -0.2) is 37.5 Å². The maximum atomic E-state index is 14.1. The van der Waals surface area contributed by atoms with E-state index in [1.807, 2.05) is 102 Å². The van der Waals surface area contributed by atoms with Gasteiger partial charge in [-0.05, 0) is 109 Å². The number of amides is 4. The molecule has 620 valence electrons. The lowest BCUT2D eigenvalue weighted by Gasteiger charge is -2.36. The zero-order valence-corrected chi connectivity index (χ0v) is 68.9. The lowest BCUT2D eigenvalue weighted by Crippen LogP contribution is -2.55. The maximum absolute atomic E-state index is 14.1. The summed E-state index contributed by atoms with van der Waals surface area (Å²) in [5, 5.41) is 25.4. The van der Waals surface area contributed by atoms with E-state index >= 15 is 0 Å². The van der Waals surface area contributed by atoms with E-state index in [4.69, 9.17) is 9.97 Å². The van der Waals surface area contributed by atoms with Crippen LogP contribution in [0.15, 0.2) is 147 Å². The minimum atomic E-state index is -0.985. The average molecular weight is 1630 g/mol. The van der Waals surface area contributed by atoms with Gasteiger partial charge in [0.25, 0.3) is 23.6 Å². The number of halogens is 4. The number of imidazole rings is 4. The van der Waals surface area contributed by atoms with Crippen molar-refractivity contribution in [3.8, 4) is 0 Å². The Morgan fingerprint density at radius 2 is 0.758 bits per heavy atom. The van der Waals surface area contributed by atoms with E-state index in [0.29, 0.717) is 135 Å². The number of nitrogens with zero attached hydrogens (tertiary/aromatic N) is 17.